The number of aliphatic hydroxyl groups is 3. The van der Waals surface area contributed by atoms with Gasteiger partial charge in [-0.15, -0.1) is 0 Å². The Morgan fingerprint density at radius 2 is 1.23 bits per heavy atom. The molecular formula is C23H45O6P. The van der Waals surface area contributed by atoms with Gasteiger partial charge in [0, 0.05) is 0 Å². The summed E-state index contributed by atoms with van der Waals surface area (Å²) in [4.78, 5) is 0. The second kappa shape index (κ2) is 11.2. The molecule has 7 heteroatoms. The van der Waals surface area contributed by atoms with Crippen LogP contribution in [0.25, 0.3) is 0 Å². The maximum atomic E-state index is 14.0. The van der Waals surface area contributed by atoms with Crippen LogP contribution < -0.4 is 0 Å². The van der Waals surface area contributed by atoms with Crippen LogP contribution in [0.5, 0.6) is 0 Å². The third kappa shape index (κ3) is 6.52. The van der Waals surface area contributed by atoms with Gasteiger partial charge in [0.1, 0.15) is 6.10 Å². The number of hydrogen-bond donors (Lipinski definition) is 3. The Balaban J connectivity index is 2.31. The average Bonchev–Trinajstić information content (AvgIpc) is 2.66. The van der Waals surface area contributed by atoms with Crippen molar-refractivity contribution in [3.63, 3.8) is 0 Å². The summed E-state index contributed by atoms with van der Waals surface area (Å²) < 4.78 is 26.4. The minimum absolute atomic E-state index is 0.225. The Morgan fingerprint density at radius 1 is 0.833 bits per heavy atom. The Morgan fingerprint density at radius 3 is 1.57 bits per heavy atom. The van der Waals surface area contributed by atoms with Gasteiger partial charge in [-0.3, -0.25) is 4.57 Å². The number of aliphatic hydroxyl groups excluding tert-OH is 3. The van der Waals surface area contributed by atoms with Crippen LogP contribution in [-0.4, -0.2) is 46.1 Å². The third-order valence-electron chi connectivity index (χ3n) is 7.34. The van der Waals surface area contributed by atoms with E-state index in [9.17, 15) is 19.9 Å². The molecule has 0 heterocycles. The molecule has 2 saturated carbocycles. The molecular weight excluding hydrogens is 403 g/mol. The molecule has 2 fully saturated rings. The summed E-state index contributed by atoms with van der Waals surface area (Å²) in [5, 5.41) is 30.3. The summed E-state index contributed by atoms with van der Waals surface area (Å²) in [5.41, 5.74) is 0. The molecule has 6 nitrogen and oxygen atoms in total. The molecule has 8 unspecified atom stereocenters. The summed E-state index contributed by atoms with van der Waals surface area (Å²) in [6.45, 7) is 12.2. The lowest BCUT2D eigenvalue weighted by Gasteiger charge is -2.43. The van der Waals surface area contributed by atoms with Crippen LogP contribution in [0.1, 0.15) is 80.1 Å². The molecule has 0 aromatic heterocycles. The molecule has 2 aliphatic carbocycles. The highest BCUT2D eigenvalue weighted by Crippen LogP contribution is 2.59. The van der Waals surface area contributed by atoms with Crippen LogP contribution in [0.15, 0.2) is 0 Å². The van der Waals surface area contributed by atoms with E-state index in [0.29, 0.717) is 23.7 Å². The Labute approximate surface area is 183 Å². The van der Waals surface area contributed by atoms with Crippen molar-refractivity contribution in [2.24, 2.45) is 35.5 Å². The Kier molecular flexibility index (Phi) is 9.85. The van der Waals surface area contributed by atoms with Gasteiger partial charge in [0.05, 0.1) is 18.8 Å². The summed E-state index contributed by atoms with van der Waals surface area (Å²) >= 11 is 0. The van der Waals surface area contributed by atoms with Crippen molar-refractivity contribution in [2.75, 3.05) is 6.61 Å². The first-order valence-electron chi connectivity index (χ1n) is 11.9. The molecule has 0 bridgehead atoms. The molecule has 178 valence electrons. The highest BCUT2D eigenvalue weighted by atomic mass is 31.2. The van der Waals surface area contributed by atoms with E-state index in [0.717, 1.165) is 38.5 Å². The van der Waals surface area contributed by atoms with Crippen molar-refractivity contribution in [3.05, 3.63) is 0 Å². The van der Waals surface area contributed by atoms with Crippen molar-refractivity contribution >= 4 is 7.60 Å². The molecule has 3 N–H and O–H groups in total. The molecule has 30 heavy (non-hydrogen) atoms. The predicted molar refractivity (Wildman–Crippen MR) is 119 cm³/mol. The van der Waals surface area contributed by atoms with Crippen LogP contribution >= 0.6 is 7.60 Å². The second-order valence-electron chi connectivity index (χ2n) is 10.6. The van der Waals surface area contributed by atoms with Crippen molar-refractivity contribution < 1.29 is 28.9 Å². The maximum absolute atomic E-state index is 14.0. The highest BCUT2D eigenvalue weighted by Gasteiger charge is 2.48. The van der Waals surface area contributed by atoms with E-state index >= 15 is 0 Å². The summed E-state index contributed by atoms with van der Waals surface area (Å²) in [7, 11) is -4.08. The zero-order valence-corrected chi connectivity index (χ0v) is 20.6. The quantitative estimate of drug-likeness (QED) is 0.438. The molecule has 0 aromatic carbocycles. The van der Waals surface area contributed by atoms with Crippen LogP contribution in [0, 0.1) is 35.5 Å². The second-order valence-corrected chi connectivity index (χ2v) is 12.7. The highest BCUT2D eigenvalue weighted by molar-refractivity contribution is 7.54. The predicted octanol–water partition coefficient (Wildman–Crippen LogP) is 4.81. The van der Waals surface area contributed by atoms with Gasteiger partial charge in [-0.2, -0.15) is 0 Å². The third-order valence-corrected chi connectivity index (χ3v) is 9.46. The molecule has 0 aliphatic heterocycles. The summed E-state index contributed by atoms with van der Waals surface area (Å²) in [6.07, 6.45) is 3.54. The van der Waals surface area contributed by atoms with Crippen molar-refractivity contribution in [1.82, 2.24) is 0 Å². The fourth-order valence-corrected chi connectivity index (χ4v) is 7.36. The Hall–Kier alpha value is 0.0300. The van der Waals surface area contributed by atoms with Gasteiger partial charge in [0.15, 0.2) is 5.85 Å². The van der Waals surface area contributed by atoms with Crippen LogP contribution in [-0.2, 0) is 13.6 Å². The number of rotatable bonds is 9. The average molecular weight is 449 g/mol. The van der Waals surface area contributed by atoms with E-state index in [1.165, 1.54) is 0 Å². The monoisotopic (exact) mass is 448 g/mol. The van der Waals surface area contributed by atoms with Gasteiger partial charge < -0.3 is 24.4 Å². The van der Waals surface area contributed by atoms with Gasteiger partial charge in [0.2, 0.25) is 0 Å². The van der Waals surface area contributed by atoms with E-state index in [1.807, 2.05) is 0 Å². The molecule has 0 spiro atoms. The van der Waals surface area contributed by atoms with Gasteiger partial charge in [-0.25, -0.2) is 0 Å². The van der Waals surface area contributed by atoms with E-state index < -0.39 is 26.2 Å². The zero-order chi connectivity index (χ0) is 22.6. The smallest absolute Gasteiger partial charge is 0.362 e. The normalized spacial score (nSPS) is 37.2. The molecule has 0 saturated heterocycles. The SMILES string of the molecule is CC1CCC(C(C)C)C(OP(=O)(OC2CC(C)CCC2C(C)C)C(O)C(O)CO)C1. The van der Waals surface area contributed by atoms with Crippen LogP contribution in [0.4, 0.5) is 0 Å². The molecule has 0 amide bonds. The van der Waals surface area contributed by atoms with Crippen LogP contribution in [0.3, 0.4) is 0 Å². The van der Waals surface area contributed by atoms with Gasteiger partial charge in [-0.1, -0.05) is 54.4 Å². The number of hydrogen-bond acceptors (Lipinski definition) is 6. The van der Waals surface area contributed by atoms with Crippen LogP contribution in [0.2, 0.25) is 0 Å². The van der Waals surface area contributed by atoms with Gasteiger partial charge in [-0.05, 0) is 61.2 Å². The summed E-state index contributed by atoms with van der Waals surface area (Å²) in [6, 6.07) is 0. The van der Waals surface area contributed by atoms with E-state index in [2.05, 4.69) is 41.5 Å². The first kappa shape index (κ1) is 26.3. The minimum Gasteiger partial charge on any atom is -0.394 e. The molecule has 8 atom stereocenters. The first-order valence-corrected chi connectivity index (χ1v) is 13.5. The maximum Gasteiger partial charge on any atom is 0.362 e. The van der Waals surface area contributed by atoms with E-state index in [1.54, 1.807) is 0 Å². The fourth-order valence-electron chi connectivity index (χ4n) is 5.30. The zero-order valence-electron chi connectivity index (χ0n) is 19.7. The fraction of sp³-hybridized carbons (Fsp3) is 1.00. The molecule has 0 radical (unpaired) electrons. The van der Waals surface area contributed by atoms with Crippen molar-refractivity contribution in [1.29, 1.82) is 0 Å². The van der Waals surface area contributed by atoms with Gasteiger partial charge >= 0.3 is 7.60 Å². The molecule has 0 aromatic rings. The molecule has 2 rings (SSSR count). The van der Waals surface area contributed by atoms with E-state index in [-0.39, 0.29) is 24.0 Å². The van der Waals surface area contributed by atoms with Crippen molar-refractivity contribution in [3.8, 4) is 0 Å². The Bertz CT molecular complexity index is 530. The lowest BCUT2D eigenvalue weighted by Crippen LogP contribution is -2.40. The lowest BCUT2D eigenvalue weighted by atomic mass is 9.75. The minimum atomic E-state index is -4.08. The largest absolute Gasteiger partial charge is 0.394 e. The molecule has 2 aliphatic rings. The van der Waals surface area contributed by atoms with E-state index in [4.69, 9.17) is 9.05 Å². The lowest BCUT2D eigenvalue weighted by molar-refractivity contribution is -0.0382. The standard InChI is InChI=1S/C23H45O6P/c1-14(2)18-9-7-16(5)11-21(18)28-30(27,23(26)20(25)13-24)29-22-12-17(6)8-10-19(22)15(3)4/h14-26H,7-13H2,1-6H3. The van der Waals surface area contributed by atoms with Crippen molar-refractivity contribution in [2.45, 2.75) is 104 Å². The first-order chi connectivity index (χ1) is 14.0. The topological polar surface area (TPSA) is 96.2 Å². The van der Waals surface area contributed by atoms with Gasteiger partial charge in [0.25, 0.3) is 0 Å². The summed E-state index contributed by atoms with van der Waals surface area (Å²) in [5.74, 6) is 0.291.